The molecule has 2 aromatic heterocycles. The van der Waals surface area contributed by atoms with Crippen molar-refractivity contribution in [1.82, 2.24) is 30.2 Å². The van der Waals surface area contributed by atoms with E-state index >= 15 is 0 Å². The first-order valence-corrected chi connectivity index (χ1v) is 11.3. The largest absolute Gasteiger partial charge is 0.490 e. The Kier molecular flexibility index (Phi) is 7.09. The van der Waals surface area contributed by atoms with Crippen molar-refractivity contribution in [3.8, 4) is 5.69 Å². The lowest BCUT2D eigenvalue weighted by molar-refractivity contribution is -0.192. The predicted octanol–water partition coefficient (Wildman–Crippen LogP) is 1.12. The van der Waals surface area contributed by atoms with Crippen LogP contribution >= 0.6 is 11.3 Å². The standard InChI is InChI=1S/C15H14N6O3S2.C2HF3O2/c22-15(14-6-10-8-16-5-4-13(10)25-14)18-26(23,24)12-3-1-2-11(7-12)21-9-17-19-20-21;3-2(4,5)1(6)7/h1-3,6-7,9,16H,4-5,8H2,(H,18,22);(H,6,7). The van der Waals surface area contributed by atoms with Gasteiger partial charge in [-0.2, -0.15) is 13.2 Å². The van der Waals surface area contributed by atoms with Crippen LogP contribution in [0.4, 0.5) is 13.2 Å². The maximum Gasteiger partial charge on any atom is 0.490 e. The third kappa shape index (κ3) is 6.11. The molecule has 4 rings (SSSR count). The Balaban J connectivity index is 0.000000383. The Bertz CT molecular complexity index is 1230. The fourth-order valence-electron chi connectivity index (χ4n) is 2.67. The van der Waals surface area contributed by atoms with Crippen LogP contribution in [0.5, 0.6) is 0 Å². The molecule has 3 heterocycles. The maximum atomic E-state index is 12.6. The van der Waals surface area contributed by atoms with Crippen LogP contribution in [-0.4, -0.2) is 58.3 Å². The van der Waals surface area contributed by atoms with E-state index in [1.54, 1.807) is 18.2 Å². The van der Waals surface area contributed by atoms with Crippen LogP contribution in [-0.2, 0) is 27.8 Å². The molecular formula is C17H15F3N6O5S2. The second kappa shape index (κ2) is 9.63. The van der Waals surface area contributed by atoms with Crippen molar-refractivity contribution in [3.63, 3.8) is 0 Å². The van der Waals surface area contributed by atoms with E-state index in [-0.39, 0.29) is 4.90 Å². The second-order valence-corrected chi connectivity index (χ2v) is 9.29. The molecule has 176 valence electrons. The summed E-state index contributed by atoms with van der Waals surface area (Å²) in [4.78, 5) is 22.8. The Hall–Kier alpha value is -3.37. The molecule has 3 aromatic rings. The third-order valence-electron chi connectivity index (χ3n) is 4.18. The summed E-state index contributed by atoms with van der Waals surface area (Å²) in [5.41, 5.74) is 1.52. The van der Waals surface area contributed by atoms with Crippen LogP contribution in [0.15, 0.2) is 41.6 Å². The molecule has 1 aromatic carbocycles. The molecule has 0 bridgehead atoms. The third-order valence-corrected chi connectivity index (χ3v) is 6.74. The molecule has 0 atom stereocenters. The topological polar surface area (TPSA) is 156 Å². The van der Waals surface area contributed by atoms with Crippen molar-refractivity contribution in [2.45, 2.75) is 24.0 Å². The number of aliphatic carboxylic acids is 1. The molecule has 11 nitrogen and oxygen atoms in total. The van der Waals surface area contributed by atoms with Gasteiger partial charge in [0.15, 0.2) is 0 Å². The number of sulfonamides is 1. The highest BCUT2D eigenvalue weighted by Gasteiger charge is 2.38. The number of carboxylic acids is 1. The number of nitrogens with one attached hydrogen (secondary N) is 2. The van der Waals surface area contributed by atoms with Crippen LogP contribution in [0.25, 0.3) is 5.69 Å². The van der Waals surface area contributed by atoms with Crippen LogP contribution < -0.4 is 10.0 Å². The highest BCUT2D eigenvalue weighted by molar-refractivity contribution is 7.90. The monoisotopic (exact) mass is 504 g/mol. The van der Waals surface area contributed by atoms with Crippen molar-refractivity contribution >= 4 is 33.2 Å². The molecule has 0 spiro atoms. The highest BCUT2D eigenvalue weighted by atomic mass is 32.2. The van der Waals surface area contributed by atoms with Gasteiger partial charge in [0.05, 0.1) is 15.5 Å². The lowest BCUT2D eigenvalue weighted by atomic mass is 10.1. The molecule has 33 heavy (non-hydrogen) atoms. The number of fused-ring (bicyclic) bond motifs is 1. The molecule has 3 N–H and O–H groups in total. The summed E-state index contributed by atoms with van der Waals surface area (Å²) in [6.45, 7) is 1.55. The van der Waals surface area contributed by atoms with E-state index in [1.807, 2.05) is 0 Å². The molecule has 0 saturated carbocycles. The number of halogens is 3. The number of carbonyl (C=O) groups excluding carboxylic acids is 1. The van der Waals surface area contributed by atoms with E-state index in [4.69, 9.17) is 9.90 Å². The van der Waals surface area contributed by atoms with Gasteiger partial charge in [0, 0.05) is 18.0 Å². The molecular weight excluding hydrogens is 489 g/mol. The van der Waals surface area contributed by atoms with Gasteiger partial charge in [0.2, 0.25) is 0 Å². The van der Waals surface area contributed by atoms with Gasteiger partial charge in [0.1, 0.15) is 6.33 Å². The lowest BCUT2D eigenvalue weighted by Gasteiger charge is -2.10. The summed E-state index contributed by atoms with van der Waals surface area (Å²) in [5, 5.41) is 21.1. The molecule has 1 aliphatic rings. The number of benzene rings is 1. The summed E-state index contributed by atoms with van der Waals surface area (Å²) in [6.07, 6.45) is -2.89. The number of rotatable bonds is 4. The van der Waals surface area contributed by atoms with Gasteiger partial charge in [-0.3, -0.25) is 4.79 Å². The normalized spacial score (nSPS) is 13.4. The Morgan fingerprint density at radius 3 is 2.58 bits per heavy atom. The van der Waals surface area contributed by atoms with Gasteiger partial charge in [0.25, 0.3) is 15.9 Å². The number of hydrogen-bond acceptors (Lipinski definition) is 9. The van der Waals surface area contributed by atoms with E-state index in [0.717, 1.165) is 23.4 Å². The van der Waals surface area contributed by atoms with E-state index in [1.165, 1.54) is 34.5 Å². The molecule has 0 radical (unpaired) electrons. The average Bonchev–Trinajstić information content (AvgIpc) is 3.43. The van der Waals surface area contributed by atoms with Crippen molar-refractivity contribution in [2.75, 3.05) is 6.54 Å². The summed E-state index contributed by atoms with van der Waals surface area (Å²) < 4.78 is 60.4. The maximum absolute atomic E-state index is 12.6. The van der Waals surface area contributed by atoms with Gasteiger partial charge in [-0.05, 0) is 46.7 Å². The summed E-state index contributed by atoms with van der Waals surface area (Å²) in [5.74, 6) is -3.38. The van der Waals surface area contributed by atoms with Crippen LogP contribution in [0.2, 0.25) is 0 Å². The number of alkyl halides is 3. The minimum Gasteiger partial charge on any atom is -0.475 e. The number of amides is 1. The predicted molar refractivity (Wildman–Crippen MR) is 107 cm³/mol. The number of hydrogen-bond donors (Lipinski definition) is 3. The van der Waals surface area contributed by atoms with Gasteiger partial charge >= 0.3 is 12.1 Å². The fourth-order valence-corrected chi connectivity index (χ4v) is 4.82. The van der Waals surface area contributed by atoms with Crippen LogP contribution in [0.3, 0.4) is 0 Å². The number of carbonyl (C=O) groups is 2. The van der Waals surface area contributed by atoms with E-state index in [0.29, 0.717) is 17.1 Å². The quantitative estimate of drug-likeness (QED) is 0.474. The zero-order valence-corrected chi connectivity index (χ0v) is 18.0. The van der Waals surface area contributed by atoms with Gasteiger partial charge in [-0.1, -0.05) is 6.07 Å². The summed E-state index contributed by atoms with van der Waals surface area (Å²) in [6, 6.07) is 7.78. The summed E-state index contributed by atoms with van der Waals surface area (Å²) in [7, 11) is -4.01. The Morgan fingerprint density at radius 2 is 1.97 bits per heavy atom. The molecule has 0 unspecified atom stereocenters. The first-order valence-electron chi connectivity index (χ1n) is 9.00. The number of carboxylic acid groups (broad SMARTS) is 1. The minimum atomic E-state index is -5.08. The smallest absolute Gasteiger partial charge is 0.475 e. The van der Waals surface area contributed by atoms with E-state index in [9.17, 15) is 26.4 Å². The zero-order chi connectivity index (χ0) is 24.2. The van der Waals surface area contributed by atoms with Gasteiger partial charge in [-0.15, -0.1) is 16.4 Å². The average molecular weight is 504 g/mol. The summed E-state index contributed by atoms with van der Waals surface area (Å²) >= 11 is 1.33. The number of nitrogens with zero attached hydrogens (tertiary/aromatic N) is 4. The molecule has 1 amide bonds. The van der Waals surface area contributed by atoms with Crippen molar-refractivity contribution < 1.29 is 36.3 Å². The highest BCUT2D eigenvalue weighted by Crippen LogP contribution is 2.25. The SMILES string of the molecule is O=C(NS(=O)(=O)c1cccc(-n2cnnn2)c1)c1cc2c(s1)CCNC2.O=C(O)C(F)(F)F. The molecule has 0 saturated heterocycles. The lowest BCUT2D eigenvalue weighted by Crippen LogP contribution is -2.30. The molecule has 16 heteroatoms. The Morgan fingerprint density at radius 1 is 1.24 bits per heavy atom. The van der Waals surface area contributed by atoms with Gasteiger partial charge in [-0.25, -0.2) is 22.6 Å². The van der Waals surface area contributed by atoms with Crippen LogP contribution in [0.1, 0.15) is 20.1 Å². The molecule has 0 aliphatic carbocycles. The van der Waals surface area contributed by atoms with Crippen molar-refractivity contribution in [3.05, 3.63) is 52.0 Å². The van der Waals surface area contributed by atoms with Crippen LogP contribution in [0, 0.1) is 0 Å². The van der Waals surface area contributed by atoms with E-state index in [2.05, 4.69) is 25.6 Å². The number of aromatic nitrogens is 4. The second-order valence-electron chi connectivity index (χ2n) is 6.48. The molecule has 1 aliphatic heterocycles. The van der Waals surface area contributed by atoms with E-state index < -0.39 is 28.1 Å². The Labute approximate surface area is 188 Å². The fraction of sp³-hybridized carbons (Fsp3) is 0.235. The zero-order valence-electron chi connectivity index (χ0n) is 16.4. The van der Waals surface area contributed by atoms with Gasteiger partial charge < -0.3 is 10.4 Å². The van der Waals surface area contributed by atoms with Crippen molar-refractivity contribution in [2.24, 2.45) is 0 Å². The van der Waals surface area contributed by atoms with Crippen molar-refractivity contribution in [1.29, 1.82) is 0 Å². The first kappa shape index (κ1) is 24.3. The number of thiophene rings is 1. The first-order chi connectivity index (χ1) is 15.5. The molecule has 0 fully saturated rings. The minimum absolute atomic E-state index is 0.0400. The number of tetrazole rings is 1.